The molecule has 1 aliphatic carbocycles. The first-order valence-electron chi connectivity index (χ1n) is 6.08. The van der Waals surface area contributed by atoms with Crippen molar-refractivity contribution in [3.05, 3.63) is 0 Å². The van der Waals surface area contributed by atoms with Crippen molar-refractivity contribution in [3.63, 3.8) is 0 Å². The summed E-state index contributed by atoms with van der Waals surface area (Å²) in [5.74, 6) is 0.724. The van der Waals surface area contributed by atoms with Gasteiger partial charge in [-0.05, 0) is 31.4 Å². The Morgan fingerprint density at radius 1 is 1.50 bits per heavy atom. The fourth-order valence-corrected chi connectivity index (χ4v) is 2.77. The molecule has 1 atom stereocenters. The van der Waals surface area contributed by atoms with Crippen LogP contribution in [0.5, 0.6) is 0 Å². The summed E-state index contributed by atoms with van der Waals surface area (Å²) in [6.45, 7) is 2.19. The van der Waals surface area contributed by atoms with Gasteiger partial charge in [0, 0.05) is 0 Å². The standard InChI is InChI=1S/C12H21N3S/c1-3-11(10-7-5-4-6-8-10)15-12(16-2)14-9-13/h10-11H,3-8H2,1-2H3,(H,14,15)/t11-/m1/s1. The third kappa shape index (κ3) is 4.05. The van der Waals surface area contributed by atoms with E-state index in [2.05, 4.69) is 17.2 Å². The van der Waals surface area contributed by atoms with Gasteiger partial charge >= 0.3 is 0 Å². The number of aliphatic imine (C=N–C) groups is 1. The lowest BCUT2D eigenvalue weighted by Gasteiger charge is -2.27. The van der Waals surface area contributed by atoms with Crippen molar-refractivity contribution in [3.8, 4) is 6.19 Å². The Kier molecular flexibility index (Phi) is 6.32. The summed E-state index contributed by atoms with van der Waals surface area (Å²) < 4.78 is 0. The number of nitrogens with one attached hydrogen (secondary N) is 1. The highest BCUT2D eigenvalue weighted by Gasteiger charge is 2.22. The first kappa shape index (κ1) is 13.4. The molecule has 0 bridgehead atoms. The zero-order chi connectivity index (χ0) is 11.8. The molecule has 0 saturated heterocycles. The minimum Gasteiger partial charge on any atom is -0.272 e. The minimum absolute atomic E-state index is 0.392. The van der Waals surface area contributed by atoms with Gasteiger partial charge in [0.1, 0.15) is 0 Å². The van der Waals surface area contributed by atoms with E-state index in [1.54, 1.807) is 0 Å². The van der Waals surface area contributed by atoms with Gasteiger partial charge in [-0.1, -0.05) is 37.9 Å². The zero-order valence-corrected chi connectivity index (χ0v) is 11.0. The molecule has 1 rings (SSSR count). The molecule has 4 heteroatoms. The van der Waals surface area contributed by atoms with Crippen LogP contribution in [0.3, 0.4) is 0 Å². The van der Waals surface area contributed by atoms with Crippen molar-refractivity contribution < 1.29 is 0 Å². The zero-order valence-electron chi connectivity index (χ0n) is 10.2. The Bertz CT molecular complexity index is 264. The van der Waals surface area contributed by atoms with Crippen LogP contribution in [0, 0.1) is 17.4 Å². The van der Waals surface area contributed by atoms with Crippen LogP contribution in [0.1, 0.15) is 45.4 Å². The topological polar surface area (TPSA) is 48.2 Å². The van der Waals surface area contributed by atoms with Crippen LogP contribution in [0.15, 0.2) is 4.99 Å². The number of rotatable bonds is 3. The third-order valence-electron chi connectivity index (χ3n) is 3.25. The lowest BCUT2D eigenvalue weighted by Crippen LogP contribution is -2.24. The van der Waals surface area contributed by atoms with Gasteiger partial charge in [-0.15, -0.1) is 0 Å². The predicted octanol–water partition coefficient (Wildman–Crippen LogP) is 3.13. The molecule has 0 aromatic rings. The van der Waals surface area contributed by atoms with E-state index in [0.29, 0.717) is 6.04 Å². The fraction of sp³-hybridized carbons (Fsp3) is 0.833. The van der Waals surface area contributed by atoms with Crippen LogP contribution >= 0.6 is 11.8 Å². The summed E-state index contributed by atoms with van der Waals surface area (Å²) in [6, 6.07) is 0.392. The molecule has 0 heterocycles. The van der Waals surface area contributed by atoms with Gasteiger partial charge < -0.3 is 0 Å². The Hall–Kier alpha value is -0.690. The summed E-state index contributed by atoms with van der Waals surface area (Å²) in [4.78, 5) is 4.67. The van der Waals surface area contributed by atoms with Crippen LogP contribution < -0.4 is 5.32 Å². The van der Waals surface area contributed by atoms with Crippen molar-refractivity contribution >= 4 is 16.9 Å². The van der Waals surface area contributed by atoms with Crippen LogP contribution in [0.25, 0.3) is 0 Å². The van der Waals surface area contributed by atoms with Crippen LogP contribution in [0.4, 0.5) is 0 Å². The molecule has 0 radical (unpaired) electrons. The summed E-state index contributed by atoms with van der Waals surface area (Å²) in [5, 5.41) is 12.0. The Balaban J connectivity index is 2.61. The molecule has 3 nitrogen and oxygen atoms in total. The highest BCUT2D eigenvalue weighted by Crippen LogP contribution is 2.29. The van der Waals surface area contributed by atoms with Crippen LogP contribution in [-0.4, -0.2) is 17.5 Å². The predicted molar refractivity (Wildman–Crippen MR) is 70.4 cm³/mol. The van der Waals surface area contributed by atoms with E-state index in [0.717, 1.165) is 17.5 Å². The van der Waals surface area contributed by atoms with Crippen LogP contribution in [0.2, 0.25) is 0 Å². The fourth-order valence-electron chi connectivity index (χ4n) is 2.38. The first-order valence-corrected chi connectivity index (χ1v) is 7.31. The quantitative estimate of drug-likeness (QED) is 0.356. The highest BCUT2D eigenvalue weighted by atomic mass is 32.2. The number of amidine groups is 1. The third-order valence-corrected chi connectivity index (χ3v) is 3.85. The summed E-state index contributed by atoms with van der Waals surface area (Å²) in [6.07, 6.45) is 11.6. The first-order chi connectivity index (χ1) is 7.81. The van der Waals surface area contributed by atoms with Gasteiger partial charge in [-0.2, -0.15) is 5.26 Å². The summed E-state index contributed by atoms with van der Waals surface area (Å²) >= 11 is 1.52. The van der Waals surface area contributed by atoms with Gasteiger partial charge in [0.2, 0.25) is 0 Å². The van der Waals surface area contributed by atoms with E-state index in [9.17, 15) is 0 Å². The average Bonchev–Trinajstić information content (AvgIpc) is 2.35. The molecule has 90 valence electrons. The lowest BCUT2D eigenvalue weighted by atomic mass is 9.83. The van der Waals surface area contributed by atoms with E-state index >= 15 is 0 Å². The molecular weight excluding hydrogens is 218 g/mol. The number of nitriles is 1. The van der Waals surface area contributed by atoms with Crippen molar-refractivity contribution in [2.24, 2.45) is 10.9 Å². The average molecular weight is 239 g/mol. The van der Waals surface area contributed by atoms with Crippen LogP contribution in [-0.2, 0) is 0 Å². The molecule has 0 aromatic heterocycles. The second-order valence-corrected chi connectivity index (χ2v) is 5.04. The molecule has 1 saturated carbocycles. The molecule has 0 unspecified atom stereocenters. The Morgan fingerprint density at radius 2 is 2.19 bits per heavy atom. The van der Waals surface area contributed by atoms with E-state index in [4.69, 9.17) is 5.26 Å². The van der Waals surface area contributed by atoms with Crippen molar-refractivity contribution in [2.75, 3.05) is 6.26 Å². The number of hydrogen-bond donors (Lipinski definition) is 1. The van der Waals surface area contributed by atoms with E-state index < -0.39 is 0 Å². The Labute approximate surface area is 103 Å². The van der Waals surface area contributed by atoms with Crippen molar-refractivity contribution in [1.29, 1.82) is 5.26 Å². The molecule has 1 N–H and O–H groups in total. The maximum atomic E-state index is 8.61. The van der Waals surface area contributed by atoms with Gasteiger partial charge in [-0.3, -0.25) is 10.3 Å². The summed E-state index contributed by atoms with van der Waals surface area (Å²) in [5.41, 5.74) is 0. The maximum Gasteiger partial charge on any atom is 0.183 e. The SMILES string of the molecule is CC[C@@H](N=C(NC#N)SC)C1CCCCC1. The molecule has 1 fully saturated rings. The molecule has 0 spiro atoms. The second kappa shape index (κ2) is 7.56. The second-order valence-electron chi connectivity index (χ2n) is 4.25. The smallest absolute Gasteiger partial charge is 0.183 e. The Morgan fingerprint density at radius 3 is 2.69 bits per heavy atom. The van der Waals surface area contributed by atoms with Crippen molar-refractivity contribution in [2.45, 2.75) is 51.5 Å². The molecule has 0 aliphatic heterocycles. The maximum absolute atomic E-state index is 8.61. The number of thioether (sulfide) groups is 1. The normalized spacial score (nSPS) is 20.2. The van der Waals surface area contributed by atoms with Gasteiger partial charge in [0.25, 0.3) is 0 Å². The molecule has 1 aliphatic rings. The van der Waals surface area contributed by atoms with E-state index in [1.807, 2.05) is 12.4 Å². The van der Waals surface area contributed by atoms with Gasteiger partial charge in [0.15, 0.2) is 11.4 Å². The van der Waals surface area contributed by atoms with E-state index in [-0.39, 0.29) is 0 Å². The summed E-state index contributed by atoms with van der Waals surface area (Å²) in [7, 11) is 0. The number of hydrogen-bond acceptors (Lipinski definition) is 3. The molecule has 16 heavy (non-hydrogen) atoms. The monoisotopic (exact) mass is 239 g/mol. The molecule has 0 amide bonds. The minimum atomic E-state index is 0.392. The number of nitrogens with zero attached hydrogens (tertiary/aromatic N) is 2. The molecule has 0 aromatic carbocycles. The van der Waals surface area contributed by atoms with Gasteiger partial charge in [0.05, 0.1) is 6.04 Å². The molecular formula is C12H21N3S. The van der Waals surface area contributed by atoms with E-state index in [1.165, 1.54) is 43.9 Å². The van der Waals surface area contributed by atoms with Crippen molar-refractivity contribution in [1.82, 2.24) is 5.32 Å². The highest BCUT2D eigenvalue weighted by molar-refractivity contribution is 8.13. The lowest BCUT2D eigenvalue weighted by molar-refractivity contribution is 0.301. The largest absolute Gasteiger partial charge is 0.272 e. The van der Waals surface area contributed by atoms with Gasteiger partial charge in [-0.25, -0.2) is 0 Å².